The van der Waals surface area contributed by atoms with Gasteiger partial charge in [-0.25, -0.2) is 19.9 Å². The number of anilines is 1. The highest BCUT2D eigenvalue weighted by Gasteiger charge is 2.39. The van der Waals surface area contributed by atoms with Gasteiger partial charge in [-0.3, -0.25) is 4.79 Å². The van der Waals surface area contributed by atoms with Crippen molar-refractivity contribution in [2.75, 3.05) is 18.4 Å². The number of furan rings is 1. The van der Waals surface area contributed by atoms with Gasteiger partial charge in [0.2, 0.25) is 5.71 Å². The van der Waals surface area contributed by atoms with E-state index in [0.717, 1.165) is 25.2 Å². The van der Waals surface area contributed by atoms with Gasteiger partial charge < -0.3 is 14.6 Å². The lowest BCUT2D eigenvalue weighted by Crippen LogP contribution is -2.38. The summed E-state index contributed by atoms with van der Waals surface area (Å²) in [6, 6.07) is 0. The van der Waals surface area contributed by atoms with Crippen LogP contribution >= 0.6 is 0 Å². The van der Waals surface area contributed by atoms with E-state index in [0.29, 0.717) is 60.0 Å². The first-order valence-electron chi connectivity index (χ1n) is 10.9. The molecule has 1 saturated carbocycles. The van der Waals surface area contributed by atoms with E-state index in [1.54, 1.807) is 11.8 Å². The van der Waals surface area contributed by atoms with Crippen LogP contribution in [0.3, 0.4) is 0 Å². The Morgan fingerprint density at radius 3 is 2.42 bits per heavy atom. The number of carbonyl (C=O) groups is 1. The lowest BCUT2D eigenvalue weighted by atomic mass is 9.95. The molecule has 0 radical (unpaired) electrons. The molecule has 0 atom stereocenters. The third-order valence-electron chi connectivity index (χ3n) is 6.44. The van der Waals surface area contributed by atoms with Gasteiger partial charge in [0.1, 0.15) is 23.7 Å². The van der Waals surface area contributed by atoms with E-state index in [1.807, 2.05) is 0 Å². The summed E-state index contributed by atoms with van der Waals surface area (Å²) in [5, 5.41) is 4.00. The highest BCUT2D eigenvalue weighted by molar-refractivity contribution is 6.10. The van der Waals surface area contributed by atoms with Crippen molar-refractivity contribution < 1.29 is 22.4 Å². The molecule has 0 aromatic carbocycles. The molecule has 2 aliphatic rings. The van der Waals surface area contributed by atoms with E-state index in [4.69, 9.17) is 4.42 Å². The zero-order chi connectivity index (χ0) is 23.4. The number of hydrogen-bond donors (Lipinski definition) is 1. The minimum atomic E-state index is -4.46. The summed E-state index contributed by atoms with van der Waals surface area (Å²) in [6.07, 6.45) is 1.76. The second-order valence-corrected chi connectivity index (χ2v) is 9.02. The van der Waals surface area contributed by atoms with Gasteiger partial charge in [0, 0.05) is 36.9 Å². The molecule has 1 saturated heterocycles. The number of rotatable bonds is 4. The molecular weight excluding hydrogens is 437 g/mol. The molecule has 3 aromatic rings. The van der Waals surface area contributed by atoms with Gasteiger partial charge in [-0.15, -0.1) is 0 Å². The topological polar surface area (TPSA) is 97.0 Å². The predicted octanol–water partition coefficient (Wildman–Crippen LogP) is 4.32. The maximum Gasteiger partial charge on any atom is 0.419 e. The highest BCUT2D eigenvalue weighted by atomic mass is 19.4. The Balaban J connectivity index is 1.34. The minimum Gasteiger partial charge on any atom is -0.442 e. The number of nitrogens with one attached hydrogen (secondary N) is 1. The molecule has 11 heteroatoms. The summed E-state index contributed by atoms with van der Waals surface area (Å²) >= 11 is 0. The van der Waals surface area contributed by atoms with Crippen LogP contribution in [0.15, 0.2) is 23.1 Å². The zero-order valence-corrected chi connectivity index (χ0v) is 18.2. The number of likely N-dealkylation sites (tertiary alicyclic amines) is 1. The molecule has 1 aliphatic carbocycles. The van der Waals surface area contributed by atoms with Crippen molar-refractivity contribution in [3.05, 3.63) is 41.4 Å². The third kappa shape index (κ3) is 4.11. The lowest BCUT2D eigenvalue weighted by molar-refractivity contribution is -0.138. The van der Waals surface area contributed by atoms with Crippen LogP contribution in [0.2, 0.25) is 0 Å². The second kappa shape index (κ2) is 7.67. The van der Waals surface area contributed by atoms with Crippen LogP contribution in [0.5, 0.6) is 0 Å². The third-order valence-corrected chi connectivity index (χ3v) is 6.44. The Hall–Kier alpha value is -3.24. The van der Waals surface area contributed by atoms with Crippen LogP contribution in [-0.4, -0.2) is 49.4 Å². The van der Waals surface area contributed by atoms with Crippen LogP contribution in [0.4, 0.5) is 19.0 Å². The molecule has 0 bridgehead atoms. The van der Waals surface area contributed by atoms with Gasteiger partial charge in [0.15, 0.2) is 0 Å². The van der Waals surface area contributed by atoms with E-state index in [9.17, 15) is 18.0 Å². The molecule has 0 unspecified atom stereocenters. The van der Waals surface area contributed by atoms with Gasteiger partial charge in [-0.1, -0.05) is 0 Å². The SMILES string of the molecule is Cc1oc2ncnc(NC3(C)CC3)c2c1C(=O)N1CCC(c2ncc(C(F)(F)F)cn2)CC1. The lowest BCUT2D eigenvalue weighted by Gasteiger charge is -2.31. The van der Waals surface area contributed by atoms with E-state index in [-0.39, 0.29) is 17.4 Å². The first-order chi connectivity index (χ1) is 15.6. The van der Waals surface area contributed by atoms with Gasteiger partial charge in [0.25, 0.3) is 5.91 Å². The van der Waals surface area contributed by atoms with E-state index >= 15 is 0 Å². The summed E-state index contributed by atoms with van der Waals surface area (Å²) in [4.78, 5) is 31.6. The van der Waals surface area contributed by atoms with Crippen molar-refractivity contribution in [1.29, 1.82) is 0 Å². The van der Waals surface area contributed by atoms with E-state index in [1.165, 1.54) is 6.33 Å². The van der Waals surface area contributed by atoms with Gasteiger partial charge >= 0.3 is 6.18 Å². The molecule has 33 heavy (non-hydrogen) atoms. The van der Waals surface area contributed by atoms with Gasteiger partial charge in [-0.2, -0.15) is 13.2 Å². The number of alkyl halides is 3. The quantitative estimate of drug-likeness (QED) is 0.619. The molecule has 8 nitrogen and oxygen atoms in total. The maximum absolute atomic E-state index is 13.5. The molecule has 1 amide bonds. The van der Waals surface area contributed by atoms with Gasteiger partial charge in [0.05, 0.1) is 16.5 Å². The minimum absolute atomic E-state index is 0.0349. The summed E-state index contributed by atoms with van der Waals surface area (Å²) < 4.78 is 44.0. The second-order valence-electron chi connectivity index (χ2n) is 9.02. The van der Waals surface area contributed by atoms with Crippen LogP contribution in [0.25, 0.3) is 11.1 Å². The number of aryl methyl sites for hydroxylation is 1. The fraction of sp³-hybridized carbons (Fsp3) is 0.500. The van der Waals surface area contributed by atoms with Crippen molar-refractivity contribution in [1.82, 2.24) is 24.8 Å². The number of piperidine rings is 1. The predicted molar refractivity (Wildman–Crippen MR) is 113 cm³/mol. The molecule has 3 aromatic heterocycles. The highest BCUT2D eigenvalue weighted by Crippen LogP contribution is 2.40. The number of amides is 1. The largest absolute Gasteiger partial charge is 0.442 e. The van der Waals surface area contributed by atoms with Crippen LogP contribution in [0.1, 0.15) is 66.0 Å². The number of fused-ring (bicyclic) bond motifs is 1. The molecular formula is C22H23F3N6O2. The van der Waals surface area contributed by atoms with E-state index in [2.05, 4.69) is 32.2 Å². The molecule has 1 N–H and O–H groups in total. The monoisotopic (exact) mass is 460 g/mol. The molecule has 4 heterocycles. The normalized spacial score (nSPS) is 18.5. The Morgan fingerprint density at radius 2 is 1.82 bits per heavy atom. The van der Waals surface area contributed by atoms with Crippen molar-refractivity contribution in [3.63, 3.8) is 0 Å². The molecule has 174 valence electrons. The smallest absolute Gasteiger partial charge is 0.419 e. The Labute approximate surface area is 187 Å². The van der Waals surface area contributed by atoms with Crippen molar-refractivity contribution in [2.24, 2.45) is 0 Å². The first kappa shape index (κ1) is 21.6. The molecule has 1 aliphatic heterocycles. The molecule has 0 spiro atoms. The van der Waals surface area contributed by atoms with Crippen molar-refractivity contribution >= 4 is 22.8 Å². The molecule has 5 rings (SSSR count). The van der Waals surface area contributed by atoms with Crippen LogP contribution in [-0.2, 0) is 6.18 Å². The first-order valence-corrected chi connectivity index (χ1v) is 10.9. The summed E-state index contributed by atoms with van der Waals surface area (Å²) in [6.45, 7) is 4.71. The number of aromatic nitrogens is 4. The summed E-state index contributed by atoms with van der Waals surface area (Å²) in [5.74, 6) is 1.17. The van der Waals surface area contributed by atoms with Crippen LogP contribution < -0.4 is 5.32 Å². The average Bonchev–Trinajstić information content (AvgIpc) is 3.41. The standard InChI is InChI=1S/C22H23F3N6O2/c1-12-15(16-18(30-21(2)5-6-21)28-11-29-19(16)33-12)20(32)31-7-3-13(4-8-31)17-26-9-14(10-27-17)22(23,24)25/h9-11,13H,3-8H2,1-2H3,(H,28,29,30). The van der Waals surface area contributed by atoms with Gasteiger partial charge in [-0.05, 0) is 39.5 Å². The van der Waals surface area contributed by atoms with Crippen molar-refractivity contribution in [3.8, 4) is 0 Å². The Bertz CT molecular complexity index is 1200. The number of nitrogens with zero attached hydrogens (tertiary/aromatic N) is 5. The van der Waals surface area contributed by atoms with Crippen LogP contribution in [0, 0.1) is 6.92 Å². The summed E-state index contributed by atoms with van der Waals surface area (Å²) in [5.41, 5.74) is -0.0904. The average molecular weight is 460 g/mol. The fourth-order valence-corrected chi connectivity index (χ4v) is 4.19. The number of halogens is 3. The maximum atomic E-state index is 13.5. The Morgan fingerprint density at radius 1 is 1.15 bits per heavy atom. The summed E-state index contributed by atoms with van der Waals surface area (Å²) in [7, 11) is 0. The van der Waals surface area contributed by atoms with E-state index < -0.39 is 11.7 Å². The molecule has 2 fully saturated rings. The fourth-order valence-electron chi connectivity index (χ4n) is 4.19. The number of carbonyl (C=O) groups excluding carboxylic acids is 1. The Kier molecular flexibility index (Phi) is 5.02. The zero-order valence-electron chi connectivity index (χ0n) is 18.2. The number of hydrogen-bond acceptors (Lipinski definition) is 7. The van der Waals surface area contributed by atoms with Crippen molar-refractivity contribution in [2.45, 2.75) is 57.2 Å².